The smallest absolute Gasteiger partial charge is 0.325 e. The van der Waals surface area contributed by atoms with E-state index in [1.165, 1.54) is 10.9 Å². The minimum absolute atomic E-state index is 0.0997. The number of piperidine rings is 1. The number of nitrogens with zero attached hydrogens (tertiary/aromatic N) is 4. The number of hydrogen-bond donors (Lipinski definition) is 0. The van der Waals surface area contributed by atoms with Crippen LogP contribution in [-0.4, -0.2) is 71.7 Å². The number of urea groups is 1. The summed E-state index contributed by atoms with van der Waals surface area (Å²) in [5, 5.41) is 1.17. The van der Waals surface area contributed by atoms with Crippen molar-refractivity contribution in [3.05, 3.63) is 78.5 Å². The highest BCUT2D eigenvalue weighted by Crippen LogP contribution is 2.46. The molecule has 0 radical (unpaired) electrons. The molecule has 2 saturated heterocycles. The fraction of sp³-hybridized carbons (Fsp3) is 0.500. The molecular weight excluding hydrogens is 488 g/mol. The Morgan fingerprint density at radius 3 is 2.62 bits per heavy atom. The number of rotatable bonds is 11. The second-order valence-electron chi connectivity index (χ2n) is 11.3. The van der Waals surface area contributed by atoms with E-state index in [4.69, 9.17) is 9.47 Å². The first-order valence-electron chi connectivity index (χ1n) is 14.0. The Kier molecular flexibility index (Phi) is 9.01. The first kappa shape index (κ1) is 28.7. The van der Waals surface area contributed by atoms with Crippen LogP contribution in [0, 0.1) is 5.41 Å². The molecule has 0 saturated carbocycles. The van der Waals surface area contributed by atoms with Crippen LogP contribution in [-0.2, 0) is 16.0 Å². The van der Waals surface area contributed by atoms with E-state index in [1.54, 1.807) is 20.5 Å². The van der Waals surface area contributed by atoms with E-state index in [2.05, 4.69) is 72.5 Å². The molecule has 2 aliphatic heterocycles. The summed E-state index contributed by atoms with van der Waals surface area (Å²) in [6, 6.07) is 10.6. The number of pyridine rings is 1. The standard InChI is InChI=1S/C32H44N4O3/c1-7-36-30(37)35(18-8-9-21-38-5)28(23-31(3,4)22-25(2)39-6)32(36)15-19-34(20-16-32)24-27-13-10-12-26-14-11-17-33-29(26)27/h9-14,17,21,23H,2,7-8,15-16,18-20,22,24H2,1,3-6H3/b21-9+,28-23-. The molecule has 1 spiro atoms. The molecular formula is C32H44N4O3. The molecule has 2 amide bonds. The molecule has 1 aromatic heterocycles. The highest BCUT2D eigenvalue weighted by atomic mass is 16.5. The van der Waals surface area contributed by atoms with Crippen LogP contribution in [0.3, 0.4) is 0 Å². The van der Waals surface area contributed by atoms with Crippen LogP contribution in [0.5, 0.6) is 0 Å². The van der Waals surface area contributed by atoms with Gasteiger partial charge in [-0.1, -0.05) is 50.8 Å². The summed E-state index contributed by atoms with van der Waals surface area (Å²) in [5.74, 6) is 0.746. The summed E-state index contributed by atoms with van der Waals surface area (Å²) in [4.78, 5) is 25.1. The summed E-state index contributed by atoms with van der Waals surface area (Å²) >= 11 is 0. The van der Waals surface area contributed by atoms with Gasteiger partial charge in [-0.2, -0.15) is 0 Å². The average Bonchev–Trinajstić information content (AvgIpc) is 3.13. The molecule has 7 heteroatoms. The predicted molar refractivity (Wildman–Crippen MR) is 157 cm³/mol. The predicted octanol–water partition coefficient (Wildman–Crippen LogP) is 6.34. The fourth-order valence-electron chi connectivity index (χ4n) is 6.20. The lowest BCUT2D eigenvalue weighted by atomic mass is 9.78. The number of methoxy groups -OCH3 is 2. The molecule has 0 N–H and O–H groups in total. The number of likely N-dealkylation sites (tertiary alicyclic amines) is 1. The highest BCUT2D eigenvalue weighted by molar-refractivity contribution is 5.83. The molecule has 7 nitrogen and oxygen atoms in total. The molecule has 210 valence electrons. The molecule has 1 aromatic carbocycles. The monoisotopic (exact) mass is 532 g/mol. The van der Waals surface area contributed by atoms with Crippen molar-refractivity contribution in [2.45, 2.75) is 58.5 Å². The molecule has 2 aliphatic rings. The summed E-state index contributed by atoms with van der Waals surface area (Å²) in [7, 11) is 3.31. The van der Waals surface area contributed by atoms with Gasteiger partial charge < -0.3 is 14.4 Å². The Balaban J connectivity index is 1.62. The normalized spacial score (nSPS) is 19.1. The molecule has 39 heavy (non-hydrogen) atoms. The van der Waals surface area contributed by atoms with E-state index >= 15 is 0 Å². The highest BCUT2D eigenvalue weighted by Gasteiger charge is 2.54. The Bertz CT molecular complexity index is 1220. The SMILES string of the molecule is C=C(CC(C)(C)/C=C1\N(CC/C=C/OC)C(=O)N(CC)C12CCN(Cc1cccc3cccnc13)CC2)OC. The van der Waals surface area contributed by atoms with Crippen molar-refractivity contribution in [3.8, 4) is 0 Å². The molecule has 2 fully saturated rings. The van der Waals surface area contributed by atoms with E-state index in [0.29, 0.717) is 19.5 Å². The number of carbonyl (C=O) groups is 1. The summed E-state index contributed by atoms with van der Waals surface area (Å²) in [6.07, 6.45) is 11.1. The molecule has 0 atom stereocenters. The van der Waals surface area contributed by atoms with Gasteiger partial charge in [0.15, 0.2) is 0 Å². The fourth-order valence-corrected chi connectivity index (χ4v) is 6.20. The quantitative estimate of drug-likeness (QED) is 0.316. The number of amides is 2. The van der Waals surface area contributed by atoms with E-state index in [9.17, 15) is 4.79 Å². The van der Waals surface area contributed by atoms with Gasteiger partial charge in [0.05, 0.1) is 37.3 Å². The Hall–Kier alpha value is -3.32. The first-order valence-corrected chi connectivity index (χ1v) is 14.0. The maximum absolute atomic E-state index is 13.9. The lowest BCUT2D eigenvalue weighted by Crippen LogP contribution is -2.53. The number of para-hydroxylation sites is 1. The molecule has 3 heterocycles. The summed E-state index contributed by atoms with van der Waals surface area (Å²) < 4.78 is 10.5. The van der Waals surface area contributed by atoms with Crippen LogP contribution in [0.1, 0.15) is 52.0 Å². The van der Waals surface area contributed by atoms with E-state index in [-0.39, 0.29) is 17.0 Å². The summed E-state index contributed by atoms with van der Waals surface area (Å²) in [5.41, 5.74) is 2.91. The Morgan fingerprint density at radius 1 is 1.18 bits per heavy atom. The van der Waals surface area contributed by atoms with Crippen LogP contribution >= 0.6 is 0 Å². The van der Waals surface area contributed by atoms with Gasteiger partial charge in [-0.05, 0) is 49.3 Å². The van der Waals surface area contributed by atoms with Gasteiger partial charge in [0.1, 0.15) is 0 Å². The first-order chi connectivity index (χ1) is 18.7. The number of aromatic nitrogens is 1. The molecule has 0 bridgehead atoms. The zero-order chi connectivity index (χ0) is 28.0. The number of ether oxygens (including phenoxy) is 2. The van der Waals surface area contributed by atoms with Gasteiger partial charge in [-0.15, -0.1) is 0 Å². The third kappa shape index (κ3) is 6.14. The van der Waals surface area contributed by atoms with Crippen LogP contribution in [0.4, 0.5) is 4.79 Å². The third-order valence-electron chi connectivity index (χ3n) is 8.08. The van der Waals surface area contributed by atoms with Gasteiger partial charge in [-0.3, -0.25) is 14.8 Å². The van der Waals surface area contributed by atoms with Gasteiger partial charge in [0.2, 0.25) is 0 Å². The van der Waals surface area contributed by atoms with Crippen molar-refractivity contribution in [1.29, 1.82) is 0 Å². The summed E-state index contributed by atoms with van der Waals surface area (Å²) in [6.45, 7) is 14.5. The Labute approximate surface area is 233 Å². The second-order valence-corrected chi connectivity index (χ2v) is 11.3. The maximum atomic E-state index is 13.9. The van der Waals surface area contributed by atoms with E-state index in [1.807, 2.05) is 23.2 Å². The van der Waals surface area contributed by atoms with Crippen molar-refractivity contribution in [2.75, 3.05) is 40.4 Å². The number of likely N-dealkylation sites (N-methyl/N-ethyl adjacent to an activating group) is 1. The molecule has 0 aliphatic carbocycles. The molecule has 4 rings (SSSR count). The topological polar surface area (TPSA) is 58.1 Å². The number of allylic oxidation sites excluding steroid dienone is 2. The Morgan fingerprint density at radius 2 is 1.92 bits per heavy atom. The van der Waals surface area contributed by atoms with Crippen LogP contribution in [0.25, 0.3) is 10.9 Å². The minimum Gasteiger partial charge on any atom is -0.505 e. The molecule has 0 unspecified atom stereocenters. The van der Waals surface area contributed by atoms with Crippen LogP contribution in [0.15, 0.2) is 73.0 Å². The van der Waals surface area contributed by atoms with Crippen molar-refractivity contribution in [2.24, 2.45) is 5.41 Å². The lowest BCUT2D eigenvalue weighted by Gasteiger charge is -2.45. The zero-order valence-corrected chi connectivity index (χ0v) is 24.3. The number of fused-ring (bicyclic) bond motifs is 1. The number of carbonyl (C=O) groups excluding carboxylic acids is 1. The maximum Gasteiger partial charge on any atom is 0.325 e. The van der Waals surface area contributed by atoms with Crippen LogP contribution in [0.2, 0.25) is 0 Å². The number of benzene rings is 1. The van der Waals surface area contributed by atoms with Crippen molar-refractivity contribution >= 4 is 16.9 Å². The van der Waals surface area contributed by atoms with Crippen LogP contribution < -0.4 is 0 Å². The van der Waals surface area contributed by atoms with Crippen molar-refractivity contribution in [1.82, 2.24) is 19.7 Å². The van der Waals surface area contributed by atoms with Gasteiger partial charge >= 0.3 is 6.03 Å². The largest absolute Gasteiger partial charge is 0.505 e. The lowest BCUT2D eigenvalue weighted by molar-refractivity contribution is 0.0884. The minimum atomic E-state index is -0.323. The van der Waals surface area contributed by atoms with Crippen molar-refractivity contribution < 1.29 is 14.3 Å². The average molecular weight is 533 g/mol. The van der Waals surface area contributed by atoms with E-state index < -0.39 is 0 Å². The van der Waals surface area contributed by atoms with Gasteiger partial charge in [0.25, 0.3) is 0 Å². The number of hydrogen-bond acceptors (Lipinski definition) is 5. The van der Waals surface area contributed by atoms with E-state index in [0.717, 1.165) is 55.9 Å². The molecule has 2 aromatic rings. The van der Waals surface area contributed by atoms with Gasteiger partial charge in [0, 0.05) is 56.4 Å². The third-order valence-corrected chi connectivity index (χ3v) is 8.08. The van der Waals surface area contributed by atoms with Crippen molar-refractivity contribution in [3.63, 3.8) is 0 Å². The van der Waals surface area contributed by atoms with Gasteiger partial charge in [-0.25, -0.2) is 4.79 Å². The zero-order valence-electron chi connectivity index (χ0n) is 24.3. The second kappa shape index (κ2) is 12.2.